The molecule has 1 N–H and O–H groups in total. The first-order chi connectivity index (χ1) is 7.88. The predicted molar refractivity (Wildman–Crippen MR) is 65.7 cm³/mol. The van der Waals surface area contributed by atoms with Crippen LogP contribution in [0.4, 0.5) is 0 Å². The molecule has 0 radical (unpaired) electrons. The van der Waals surface area contributed by atoms with Gasteiger partial charge in [-0.25, -0.2) is 4.98 Å². The molecule has 0 aromatic carbocycles. The molecular weight excluding hydrogens is 220 g/mol. The fourth-order valence-electron chi connectivity index (χ4n) is 1.40. The average molecular weight is 234 g/mol. The summed E-state index contributed by atoms with van der Waals surface area (Å²) in [6.45, 7) is 1.64. The molecule has 2 aromatic rings. The number of ether oxygens (including phenoxy) is 1. The van der Waals surface area contributed by atoms with Crippen LogP contribution in [0.1, 0.15) is 10.6 Å². The van der Waals surface area contributed by atoms with E-state index in [9.17, 15) is 0 Å². The van der Waals surface area contributed by atoms with Gasteiger partial charge >= 0.3 is 0 Å². The van der Waals surface area contributed by atoms with Crippen molar-refractivity contribution in [2.45, 2.75) is 13.1 Å². The standard InChI is InChI=1S/C12H14N2OS/c1-15-12-6-2-4-10(14-12)8-13-9-11-5-3-7-16-11/h2-7,13H,8-9H2,1H3. The Hall–Kier alpha value is -1.39. The van der Waals surface area contributed by atoms with E-state index >= 15 is 0 Å². The van der Waals surface area contributed by atoms with Crippen LogP contribution in [0.25, 0.3) is 0 Å². The van der Waals surface area contributed by atoms with Crippen molar-refractivity contribution in [1.29, 1.82) is 0 Å². The molecule has 0 bridgehead atoms. The maximum absolute atomic E-state index is 5.07. The third kappa shape index (κ3) is 3.05. The summed E-state index contributed by atoms with van der Waals surface area (Å²) in [4.78, 5) is 5.66. The lowest BCUT2D eigenvalue weighted by Gasteiger charge is -2.04. The van der Waals surface area contributed by atoms with Gasteiger partial charge in [0.05, 0.1) is 12.8 Å². The van der Waals surface area contributed by atoms with Crippen LogP contribution in [-0.4, -0.2) is 12.1 Å². The minimum absolute atomic E-state index is 0.662. The Kier molecular flexibility index (Phi) is 3.91. The number of nitrogens with zero attached hydrogens (tertiary/aromatic N) is 1. The van der Waals surface area contributed by atoms with Crippen LogP contribution in [-0.2, 0) is 13.1 Å². The molecule has 0 spiro atoms. The Bertz CT molecular complexity index is 428. The number of rotatable bonds is 5. The van der Waals surface area contributed by atoms with E-state index in [0.29, 0.717) is 5.88 Å². The number of nitrogens with one attached hydrogen (secondary N) is 1. The highest BCUT2D eigenvalue weighted by atomic mass is 32.1. The van der Waals surface area contributed by atoms with Crippen LogP contribution in [0, 0.1) is 0 Å². The summed E-state index contributed by atoms with van der Waals surface area (Å²) >= 11 is 1.76. The average Bonchev–Trinajstić information content (AvgIpc) is 2.82. The first kappa shape index (κ1) is 11.1. The Balaban J connectivity index is 1.85. The van der Waals surface area contributed by atoms with Crippen LogP contribution < -0.4 is 10.1 Å². The quantitative estimate of drug-likeness (QED) is 0.862. The van der Waals surface area contributed by atoms with Crippen molar-refractivity contribution in [1.82, 2.24) is 10.3 Å². The van der Waals surface area contributed by atoms with Crippen molar-refractivity contribution in [3.8, 4) is 5.88 Å². The van der Waals surface area contributed by atoms with Crippen LogP contribution in [0.3, 0.4) is 0 Å². The summed E-state index contributed by atoms with van der Waals surface area (Å²) in [6, 6.07) is 9.98. The molecule has 2 aromatic heterocycles. The van der Waals surface area contributed by atoms with E-state index in [1.54, 1.807) is 18.4 Å². The number of aromatic nitrogens is 1. The van der Waals surface area contributed by atoms with Gasteiger partial charge in [0, 0.05) is 24.0 Å². The highest BCUT2D eigenvalue weighted by Crippen LogP contribution is 2.09. The largest absolute Gasteiger partial charge is 0.481 e. The van der Waals surface area contributed by atoms with E-state index in [4.69, 9.17) is 4.74 Å². The molecule has 0 unspecified atom stereocenters. The van der Waals surface area contributed by atoms with E-state index in [0.717, 1.165) is 18.8 Å². The lowest BCUT2D eigenvalue weighted by molar-refractivity contribution is 0.395. The number of thiophene rings is 1. The molecule has 2 heterocycles. The molecule has 0 amide bonds. The molecule has 0 saturated carbocycles. The smallest absolute Gasteiger partial charge is 0.213 e. The molecule has 4 heteroatoms. The second-order valence-electron chi connectivity index (χ2n) is 3.35. The normalized spacial score (nSPS) is 10.3. The number of pyridine rings is 1. The van der Waals surface area contributed by atoms with Gasteiger partial charge in [0.1, 0.15) is 0 Å². The van der Waals surface area contributed by atoms with Crippen LogP contribution in [0.15, 0.2) is 35.7 Å². The third-order valence-corrected chi connectivity index (χ3v) is 3.05. The van der Waals surface area contributed by atoms with Gasteiger partial charge in [0.15, 0.2) is 0 Å². The lowest BCUT2D eigenvalue weighted by atomic mass is 10.3. The molecule has 0 saturated heterocycles. The number of hydrogen-bond donors (Lipinski definition) is 1. The lowest BCUT2D eigenvalue weighted by Crippen LogP contribution is -2.12. The second kappa shape index (κ2) is 5.63. The van der Waals surface area contributed by atoms with Crippen molar-refractivity contribution < 1.29 is 4.74 Å². The number of hydrogen-bond acceptors (Lipinski definition) is 4. The van der Waals surface area contributed by atoms with Gasteiger partial charge in [-0.1, -0.05) is 12.1 Å². The molecular formula is C12H14N2OS. The van der Waals surface area contributed by atoms with E-state index < -0.39 is 0 Å². The van der Waals surface area contributed by atoms with Gasteiger partial charge in [-0.2, -0.15) is 0 Å². The first-order valence-electron chi connectivity index (χ1n) is 5.11. The fraction of sp³-hybridized carbons (Fsp3) is 0.250. The maximum atomic E-state index is 5.07. The van der Waals surface area contributed by atoms with Gasteiger partial charge in [0.2, 0.25) is 5.88 Å². The molecule has 0 fully saturated rings. The minimum atomic E-state index is 0.662. The summed E-state index contributed by atoms with van der Waals surface area (Å²) in [5, 5.41) is 5.43. The van der Waals surface area contributed by atoms with Gasteiger partial charge in [-0.3, -0.25) is 0 Å². The summed E-state index contributed by atoms with van der Waals surface area (Å²) < 4.78 is 5.07. The summed E-state index contributed by atoms with van der Waals surface area (Å²) in [7, 11) is 1.63. The van der Waals surface area contributed by atoms with Crippen LogP contribution in [0.2, 0.25) is 0 Å². The topological polar surface area (TPSA) is 34.1 Å². The van der Waals surface area contributed by atoms with Crippen LogP contribution in [0.5, 0.6) is 5.88 Å². The highest BCUT2D eigenvalue weighted by Gasteiger charge is 1.98. The number of methoxy groups -OCH3 is 1. The molecule has 2 rings (SSSR count). The zero-order valence-electron chi connectivity index (χ0n) is 9.14. The molecule has 0 atom stereocenters. The van der Waals surface area contributed by atoms with Crippen molar-refractivity contribution in [3.05, 3.63) is 46.3 Å². The molecule has 3 nitrogen and oxygen atoms in total. The molecule has 16 heavy (non-hydrogen) atoms. The van der Waals surface area contributed by atoms with Gasteiger partial charge in [-0.15, -0.1) is 11.3 Å². The monoisotopic (exact) mass is 234 g/mol. The summed E-state index contributed by atoms with van der Waals surface area (Å²) in [5.74, 6) is 0.662. The molecule has 0 aliphatic rings. The van der Waals surface area contributed by atoms with E-state index in [2.05, 4.69) is 27.8 Å². The first-order valence-corrected chi connectivity index (χ1v) is 5.99. The Morgan fingerprint density at radius 1 is 1.25 bits per heavy atom. The van der Waals surface area contributed by atoms with Gasteiger partial charge in [0.25, 0.3) is 0 Å². The van der Waals surface area contributed by atoms with Crippen molar-refractivity contribution in [2.24, 2.45) is 0 Å². The maximum Gasteiger partial charge on any atom is 0.213 e. The van der Waals surface area contributed by atoms with Crippen LogP contribution >= 0.6 is 11.3 Å². The summed E-state index contributed by atoms with van der Waals surface area (Å²) in [5.41, 5.74) is 0.996. The Labute approximate surface area is 99.1 Å². The molecule has 0 aliphatic heterocycles. The Morgan fingerprint density at radius 3 is 2.94 bits per heavy atom. The fourth-order valence-corrected chi connectivity index (χ4v) is 2.07. The minimum Gasteiger partial charge on any atom is -0.481 e. The zero-order chi connectivity index (χ0) is 11.2. The third-order valence-electron chi connectivity index (χ3n) is 2.18. The predicted octanol–water partition coefficient (Wildman–Crippen LogP) is 2.44. The van der Waals surface area contributed by atoms with E-state index in [1.807, 2.05) is 18.2 Å². The van der Waals surface area contributed by atoms with E-state index in [-0.39, 0.29) is 0 Å². The molecule has 84 valence electrons. The van der Waals surface area contributed by atoms with Crippen molar-refractivity contribution in [3.63, 3.8) is 0 Å². The van der Waals surface area contributed by atoms with Crippen molar-refractivity contribution >= 4 is 11.3 Å². The Morgan fingerprint density at radius 2 is 2.19 bits per heavy atom. The molecule has 0 aliphatic carbocycles. The second-order valence-corrected chi connectivity index (χ2v) is 4.39. The van der Waals surface area contributed by atoms with Gasteiger partial charge < -0.3 is 10.1 Å². The zero-order valence-corrected chi connectivity index (χ0v) is 9.96. The van der Waals surface area contributed by atoms with E-state index in [1.165, 1.54) is 4.88 Å². The van der Waals surface area contributed by atoms with Gasteiger partial charge in [-0.05, 0) is 17.5 Å². The SMILES string of the molecule is COc1cccc(CNCc2cccs2)n1. The summed E-state index contributed by atoms with van der Waals surface area (Å²) in [6.07, 6.45) is 0. The van der Waals surface area contributed by atoms with Crippen molar-refractivity contribution in [2.75, 3.05) is 7.11 Å². The highest BCUT2D eigenvalue weighted by molar-refractivity contribution is 7.09.